The van der Waals surface area contributed by atoms with Crippen molar-refractivity contribution in [3.8, 4) is 34.5 Å². The van der Waals surface area contributed by atoms with E-state index in [0.29, 0.717) is 47.3 Å². The molecule has 2 aliphatic carbocycles. The number of hydrogen-bond acceptors (Lipinski definition) is 12. The molecule has 0 saturated heterocycles. The monoisotopic (exact) mass is 1030 g/mol. The molecule has 6 rings (SSSR count). The smallest absolute Gasteiger partial charge is 0.343 e. The van der Waals surface area contributed by atoms with Crippen LogP contribution in [0, 0.1) is 11.8 Å². The Morgan fingerprint density at radius 1 is 0.333 bits per heavy atom. The van der Waals surface area contributed by atoms with E-state index in [1.807, 2.05) is 0 Å². The van der Waals surface area contributed by atoms with E-state index in [1.165, 1.54) is 70.6 Å². The average molecular weight is 1030 g/mol. The second kappa shape index (κ2) is 34.0. The summed E-state index contributed by atoms with van der Waals surface area (Å²) in [7, 11) is 0. The van der Waals surface area contributed by atoms with E-state index in [4.69, 9.17) is 37.9 Å². The van der Waals surface area contributed by atoms with Gasteiger partial charge in [0.15, 0.2) is 0 Å². The lowest BCUT2D eigenvalue weighted by Gasteiger charge is -2.27. The largest absolute Gasteiger partial charge is 0.494 e. The number of rotatable bonds is 34. The Hall–Kier alpha value is -5.72. The Morgan fingerprint density at radius 3 is 0.947 bits per heavy atom. The minimum Gasteiger partial charge on any atom is -0.494 e. The third-order valence-corrected chi connectivity index (χ3v) is 14.2. The Labute approximate surface area is 446 Å². The lowest BCUT2D eigenvalue weighted by Crippen LogP contribution is -2.29. The second-order valence-corrected chi connectivity index (χ2v) is 20.3. The third kappa shape index (κ3) is 22.2. The van der Waals surface area contributed by atoms with Crippen LogP contribution in [-0.4, -0.2) is 62.5 Å². The number of unbranched alkanes of at least 4 members (excludes halogenated alkanes) is 14. The fourth-order valence-electron chi connectivity index (χ4n) is 9.57. The highest BCUT2D eigenvalue weighted by Gasteiger charge is 2.29. The van der Waals surface area contributed by atoms with Gasteiger partial charge in [0.05, 0.1) is 48.4 Å². The normalized spacial score (nSPS) is 17.4. The molecule has 0 radical (unpaired) electrons. The summed E-state index contributed by atoms with van der Waals surface area (Å²) in [6.07, 6.45) is 26.6. The van der Waals surface area contributed by atoms with Gasteiger partial charge in [0.25, 0.3) is 0 Å². The van der Waals surface area contributed by atoms with Gasteiger partial charge in [0.1, 0.15) is 34.5 Å². The molecule has 0 atom stereocenters. The van der Waals surface area contributed by atoms with Crippen LogP contribution in [0.2, 0.25) is 0 Å². The van der Waals surface area contributed by atoms with Gasteiger partial charge in [0.2, 0.25) is 0 Å². The fraction of sp³-hybridized carbons (Fsp3) is 0.556. The van der Waals surface area contributed by atoms with Crippen molar-refractivity contribution in [1.29, 1.82) is 0 Å². The number of carbonyl (C=O) groups excluding carboxylic acids is 4. The second-order valence-electron chi connectivity index (χ2n) is 20.3. The van der Waals surface area contributed by atoms with E-state index in [1.54, 1.807) is 97.1 Å². The number of ether oxygens (including phenoxy) is 8. The lowest BCUT2D eigenvalue weighted by atomic mass is 9.87. The first-order valence-electron chi connectivity index (χ1n) is 28.5. The van der Waals surface area contributed by atoms with Gasteiger partial charge in [-0.3, -0.25) is 9.59 Å². The van der Waals surface area contributed by atoms with Crippen LogP contribution in [0.1, 0.15) is 195 Å². The molecule has 4 aromatic rings. The van der Waals surface area contributed by atoms with Crippen LogP contribution in [0.3, 0.4) is 0 Å². The highest BCUT2D eigenvalue weighted by molar-refractivity contribution is 5.91. The van der Waals surface area contributed by atoms with E-state index in [9.17, 15) is 19.2 Å². The van der Waals surface area contributed by atoms with Crippen LogP contribution in [0.4, 0.5) is 0 Å². The first kappa shape index (κ1) is 58.5. The van der Waals surface area contributed by atoms with Crippen molar-refractivity contribution < 1.29 is 57.1 Å². The van der Waals surface area contributed by atoms with Crippen LogP contribution >= 0.6 is 0 Å². The van der Waals surface area contributed by atoms with Crippen molar-refractivity contribution in [3.63, 3.8) is 0 Å². The zero-order chi connectivity index (χ0) is 52.7. The molecule has 0 amide bonds. The molecule has 408 valence electrons. The molecule has 0 unspecified atom stereocenters. The summed E-state index contributed by atoms with van der Waals surface area (Å²) < 4.78 is 46.4. The summed E-state index contributed by atoms with van der Waals surface area (Å²) in [5.41, 5.74) is 0.862. The molecule has 0 bridgehead atoms. The van der Waals surface area contributed by atoms with Gasteiger partial charge in [-0.1, -0.05) is 97.3 Å². The molecule has 2 aliphatic rings. The molecule has 2 saturated carbocycles. The molecule has 4 aromatic carbocycles. The fourth-order valence-corrected chi connectivity index (χ4v) is 9.57. The molecule has 0 N–H and O–H groups in total. The predicted molar refractivity (Wildman–Crippen MR) is 291 cm³/mol. The molecule has 0 heterocycles. The highest BCUT2D eigenvalue weighted by atomic mass is 16.6. The van der Waals surface area contributed by atoms with Crippen molar-refractivity contribution in [1.82, 2.24) is 0 Å². The van der Waals surface area contributed by atoms with Gasteiger partial charge in [0, 0.05) is 13.2 Å². The predicted octanol–water partition coefficient (Wildman–Crippen LogP) is 15.2. The zero-order valence-corrected chi connectivity index (χ0v) is 45.0. The van der Waals surface area contributed by atoms with Crippen molar-refractivity contribution >= 4 is 23.9 Å². The van der Waals surface area contributed by atoms with Gasteiger partial charge in [-0.05, 0) is 174 Å². The first-order valence-corrected chi connectivity index (χ1v) is 28.5. The van der Waals surface area contributed by atoms with E-state index in [2.05, 4.69) is 13.8 Å². The Morgan fingerprint density at radius 2 is 0.613 bits per heavy atom. The van der Waals surface area contributed by atoms with Gasteiger partial charge in [-0.2, -0.15) is 0 Å². The molecule has 0 aromatic heterocycles. The maximum absolute atomic E-state index is 12.9. The van der Waals surface area contributed by atoms with E-state index < -0.39 is 11.9 Å². The van der Waals surface area contributed by atoms with Crippen LogP contribution in [-0.2, 0) is 19.1 Å². The summed E-state index contributed by atoms with van der Waals surface area (Å²) in [6.45, 7) is 7.22. The zero-order valence-electron chi connectivity index (χ0n) is 45.0. The highest BCUT2D eigenvalue weighted by Crippen LogP contribution is 2.31. The van der Waals surface area contributed by atoms with Crippen LogP contribution in [0.5, 0.6) is 34.5 Å². The minimum atomic E-state index is -0.464. The van der Waals surface area contributed by atoms with Gasteiger partial charge in [-0.25, -0.2) is 9.59 Å². The van der Waals surface area contributed by atoms with E-state index in [-0.39, 0.29) is 36.0 Å². The summed E-state index contributed by atoms with van der Waals surface area (Å²) in [4.78, 5) is 51.3. The molecule has 0 spiro atoms. The van der Waals surface area contributed by atoms with Crippen molar-refractivity contribution in [2.75, 3.05) is 26.4 Å². The van der Waals surface area contributed by atoms with Crippen LogP contribution in [0.25, 0.3) is 0 Å². The van der Waals surface area contributed by atoms with E-state index in [0.717, 1.165) is 115 Å². The minimum absolute atomic E-state index is 0.147. The molecule has 12 nitrogen and oxygen atoms in total. The van der Waals surface area contributed by atoms with Crippen molar-refractivity contribution in [2.45, 2.75) is 187 Å². The average Bonchev–Trinajstić information content (AvgIpc) is 3.43. The van der Waals surface area contributed by atoms with Gasteiger partial charge >= 0.3 is 23.9 Å². The van der Waals surface area contributed by atoms with Crippen molar-refractivity contribution in [3.05, 3.63) is 108 Å². The maximum atomic E-state index is 12.9. The van der Waals surface area contributed by atoms with E-state index >= 15 is 0 Å². The Balaban J connectivity index is 0.704. The third-order valence-electron chi connectivity index (χ3n) is 14.2. The lowest BCUT2D eigenvalue weighted by molar-refractivity contribution is -0.142. The molecule has 0 aliphatic heterocycles. The van der Waals surface area contributed by atoms with Crippen molar-refractivity contribution in [2.24, 2.45) is 11.8 Å². The first-order chi connectivity index (χ1) is 36.8. The molecule has 75 heavy (non-hydrogen) atoms. The SMILES string of the molecule is CCCCCCOc1ccc(C(=O)Oc2ccc(OC(=O)C3CCC(OCCCCCCCCCCCOC4CCC(C(=O)Oc5ccc(OC(=O)c6ccc(OCCCCCC)cc6)cc5)CC4)CC3)cc2)cc1. The molecule has 12 heteroatoms. The molecule has 2 fully saturated rings. The summed E-state index contributed by atoms with van der Waals surface area (Å²) in [5, 5.41) is 0. The molecular weight excluding hydrogens is 949 g/mol. The van der Waals surface area contributed by atoms with Gasteiger partial charge < -0.3 is 37.9 Å². The Bertz CT molecular complexity index is 2070. The van der Waals surface area contributed by atoms with Crippen LogP contribution in [0.15, 0.2) is 97.1 Å². The summed E-state index contributed by atoms with van der Waals surface area (Å²) >= 11 is 0. The quantitative estimate of drug-likeness (QED) is 0.0250. The summed E-state index contributed by atoms with van der Waals surface area (Å²) in [5.74, 6) is 1.41. The van der Waals surface area contributed by atoms with Gasteiger partial charge in [-0.15, -0.1) is 0 Å². The standard InChI is InChI=1S/C63H84O12/c1-3-5-7-16-44-68-52-28-20-48(21-29-52)60(64)72-56-36-40-58(41-37-56)74-62(66)50-24-32-54(33-25-50)70-46-18-14-12-10-9-11-13-15-19-47-71-55-34-26-51(27-35-55)63(67)75-59-42-38-57(39-43-59)73-61(65)49-22-30-53(31-23-49)69-45-17-8-6-4-2/h20-23,28-31,36-43,50-51,54-55H,3-19,24-27,32-35,44-47H2,1-2H3. The number of hydrogen-bond donors (Lipinski definition) is 0. The maximum Gasteiger partial charge on any atom is 0.343 e. The van der Waals surface area contributed by atoms with Crippen LogP contribution < -0.4 is 28.4 Å². The number of carbonyl (C=O) groups is 4. The number of benzene rings is 4. The topological polar surface area (TPSA) is 142 Å². The molecular formula is C63H84O12. The summed E-state index contributed by atoms with van der Waals surface area (Å²) in [6, 6.07) is 27.1. The number of esters is 4. The Kier molecular flexibility index (Phi) is 26.6.